The van der Waals surface area contributed by atoms with Crippen molar-refractivity contribution in [1.82, 2.24) is 4.98 Å². The van der Waals surface area contributed by atoms with Gasteiger partial charge in [-0.2, -0.15) is 0 Å². The van der Waals surface area contributed by atoms with Crippen molar-refractivity contribution >= 4 is 39.4 Å². The molecule has 0 unspecified atom stereocenters. The Morgan fingerprint density at radius 3 is 2.79 bits per heavy atom. The van der Waals surface area contributed by atoms with Crippen LogP contribution >= 0.6 is 22.7 Å². The van der Waals surface area contributed by atoms with Gasteiger partial charge in [0.25, 0.3) is 5.91 Å². The van der Waals surface area contributed by atoms with Gasteiger partial charge in [0, 0.05) is 21.5 Å². The number of hydrogen-bond acceptors (Lipinski definition) is 6. The molecule has 1 atom stereocenters. The quantitative estimate of drug-likeness (QED) is 0.418. The first-order valence-electron chi connectivity index (χ1n) is 8.78. The molecule has 142 valence electrons. The predicted molar refractivity (Wildman–Crippen MR) is 114 cm³/mol. The minimum absolute atomic E-state index is 0.119. The third kappa shape index (κ3) is 4.00. The molecular formula is C21H19N3O2S2. The van der Waals surface area contributed by atoms with Crippen LogP contribution in [0.25, 0.3) is 0 Å². The Morgan fingerprint density at radius 1 is 1.18 bits per heavy atom. The number of anilines is 2. The second-order valence-electron chi connectivity index (χ2n) is 6.38. The summed E-state index contributed by atoms with van der Waals surface area (Å²) in [5.41, 5.74) is 2.14. The fourth-order valence-electron chi connectivity index (χ4n) is 2.94. The van der Waals surface area contributed by atoms with E-state index >= 15 is 0 Å². The SMILES string of the molecule is Cc1ccnc(N[C@@H](c2cccs2)c2cc(C)sc2NC(=O)c2ccco2)c1. The van der Waals surface area contributed by atoms with E-state index in [1.54, 1.807) is 41.0 Å². The summed E-state index contributed by atoms with van der Waals surface area (Å²) in [5, 5.41) is 9.39. The van der Waals surface area contributed by atoms with Crippen molar-refractivity contribution in [3.05, 3.63) is 86.9 Å². The maximum absolute atomic E-state index is 12.5. The Labute approximate surface area is 171 Å². The van der Waals surface area contributed by atoms with Crippen molar-refractivity contribution in [1.29, 1.82) is 0 Å². The molecule has 0 aliphatic rings. The fourth-order valence-corrected chi connectivity index (χ4v) is 4.68. The van der Waals surface area contributed by atoms with E-state index < -0.39 is 0 Å². The summed E-state index contributed by atoms with van der Waals surface area (Å²) in [6, 6.07) is 13.4. The summed E-state index contributed by atoms with van der Waals surface area (Å²) in [5.74, 6) is 0.829. The molecule has 4 rings (SSSR count). The lowest BCUT2D eigenvalue weighted by Gasteiger charge is -2.19. The van der Waals surface area contributed by atoms with E-state index in [9.17, 15) is 4.79 Å². The van der Waals surface area contributed by atoms with Crippen LogP contribution in [-0.2, 0) is 0 Å². The molecule has 28 heavy (non-hydrogen) atoms. The Balaban J connectivity index is 1.69. The van der Waals surface area contributed by atoms with Gasteiger partial charge in [0.05, 0.1) is 12.3 Å². The summed E-state index contributed by atoms with van der Waals surface area (Å²) in [4.78, 5) is 19.2. The number of furan rings is 1. The highest BCUT2D eigenvalue weighted by atomic mass is 32.1. The van der Waals surface area contributed by atoms with Gasteiger partial charge in [0.15, 0.2) is 5.76 Å². The van der Waals surface area contributed by atoms with E-state index in [-0.39, 0.29) is 17.7 Å². The number of nitrogens with zero attached hydrogens (tertiary/aromatic N) is 1. The lowest BCUT2D eigenvalue weighted by Crippen LogP contribution is -2.16. The molecule has 5 nitrogen and oxygen atoms in total. The van der Waals surface area contributed by atoms with Gasteiger partial charge in [-0.05, 0) is 61.2 Å². The number of rotatable bonds is 6. The van der Waals surface area contributed by atoms with Crippen molar-refractivity contribution in [2.45, 2.75) is 19.9 Å². The number of nitrogens with one attached hydrogen (secondary N) is 2. The maximum atomic E-state index is 12.5. The molecule has 4 aromatic rings. The van der Waals surface area contributed by atoms with Crippen LogP contribution in [-0.4, -0.2) is 10.9 Å². The summed E-state index contributed by atoms with van der Waals surface area (Å²) in [7, 11) is 0. The average Bonchev–Trinajstić information content (AvgIpc) is 3.42. The fraction of sp³-hybridized carbons (Fsp3) is 0.143. The summed E-state index contributed by atoms with van der Waals surface area (Å²) >= 11 is 3.22. The van der Waals surface area contributed by atoms with E-state index in [0.29, 0.717) is 0 Å². The van der Waals surface area contributed by atoms with Crippen molar-refractivity contribution in [3.63, 3.8) is 0 Å². The van der Waals surface area contributed by atoms with Crippen LogP contribution in [0.2, 0.25) is 0 Å². The molecule has 0 saturated carbocycles. The van der Waals surface area contributed by atoms with Crippen molar-refractivity contribution in [3.8, 4) is 0 Å². The highest BCUT2D eigenvalue weighted by Crippen LogP contribution is 2.39. The van der Waals surface area contributed by atoms with Gasteiger partial charge in [-0.25, -0.2) is 4.98 Å². The molecule has 0 radical (unpaired) electrons. The first kappa shape index (κ1) is 18.5. The molecule has 0 aliphatic carbocycles. The number of carbonyl (C=O) groups excluding carboxylic acids is 1. The Bertz CT molecular complexity index is 1070. The van der Waals surface area contributed by atoms with Gasteiger partial charge < -0.3 is 15.1 Å². The summed E-state index contributed by atoms with van der Waals surface area (Å²) in [6.07, 6.45) is 3.29. The van der Waals surface area contributed by atoms with Crippen LogP contribution in [0, 0.1) is 13.8 Å². The molecule has 1 amide bonds. The molecule has 0 aliphatic heterocycles. The van der Waals surface area contributed by atoms with Crippen molar-refractivity contribution in [2.24, 2.45) is 0 Å². The van der Waals surface area contributed by atoms with E-state index in [4.69, 9.17) is 4.42 Å². The lowest BCUT2D eigenvalue weighted by atomic mass is 10.1. The predicted octanol–water partition coefficient (Wildman–Crippen LogP) is 5.87. The Morgan fingerprint density at radius 2 is 2.07 bits per heavy atom. The van der Waals surface area contributed by atoms with Gasteiger partial charge in [-0.15, -0.1) is 22.7 Å². The third-order valence-electron chi connectivity index (χ3n) is 4.20. The summed E-state index contributed by atoms with van der Waals surface area (Å²) in [6.45, 7) is 4.07. The molecule has 0 fully saturated rings. The minimum Gasteiger partial charge on any atom is -0.459 e. The number of aromatic nitrogens is 1. The Hall–Kier alpha value is -2.90. The zero-order valence-corrected chi connectivity index (χ0v) is 17.1. The van der Waals surface area contributed by atoms with Crippen molar-refractivity contribution < 1.29 is 9.21 Å². The van der Waals surface area contributed by atoms with Crippen LogP contribution in [0.15, 0.2) is 64.7 Å². The van der Waals surface area contributed by atoms with E-state index in [2.05, 4.69) is 27.8 Å². The molecule has 7 heteroatoms. The van der Waals surface area contributed by atoms with Crippen LogP contribution < -0.4 is 10.6 Å². The zero-order chi connectivity index (χ0) is 19.5. The zero-order valence-electron chi connectivity index (χ0n) is 15.4. The molecule has 0 aromatic carbocycles. The van der Waals surface area contributed by atoms with Crippen molar-refractivity contribution in [2.75, 3.05) is 10.6 Å². The normalized spacial score (nSPS) is 11.9. The van der Waals surface area contributed by atoms with Gasteiger partial charge in [-0.1, -0.05) is 6.07 Å². The molecule has 0 spiro atoms. The maximum Gasteiger partial charge on any atom is 0.291 e. The molecule has 4 aromatic heterocycles. The lowest BCUT2D eigenvalue weighted by molar-refractivity contribution is 0.0997. The molecule has 0 bridgehead atoms. The second kappa shape index (κ2) is 8.00. The Kier molecular flexibility index (Phi) is 5.27. The topological polar surface area (TPSA) is 67.2 Å². The molecular weight excluding hydrogens is 390 g/mol. The minimum atomic E-state index is -0.258. The van der Waals surface area contributed by atoms with Gasteiger partial charge in [0.2, 0.25) is 0 Å². The highest BCUT2D eigenvalue weighted by Gasteiger charge is 2.23. The van der Waals surface area contributed by atoms with Gasteiger partial charge in [0.1, 0.15) is 10.8 Å². The largest absolute Gasteiger partial charge is 0.459 e. The number of thiophene rings is 2. The number of carbonyl (C=O) groups is 1. The van der Waals surface area contributed by atoms with E-state index in [1.165, 1.54) is 6.26 Å². The highest BCUT2D eigenvalue weighted by molar-refractivity contribution is 7.16. The number of hydrogen-bond donors (Lipinski definition) is 2. The molecule has 0 saturated heterocycles. The smallest absolute Gasteiger partial charge is 0.291 e. The monoisotopic (exact) mass is 409 g/mol. The average molecular weight is 410 g/mol. The van der Waals surface area contributed by atoms with Crippen LogP contribution in [0.4, 0.5) is 10.8 Å². The van der Waals surface area contributed by atoms with Crippen LogP contribution in [0.3, 0.4) is 0 Å². The van der Waals surface area contributed by atoms with Crippen LogP contribution in [0.5, 0.6) is 0 Å². The second-order valence-corrected chi connectivity index (χ2v) is 8.62. The van der Waals surface area contributed by atoms with E-state index in [0.717, 1.165) is 31.7 Å². The van der Waals surface area contributed by atoms with Gasteiger partial charge >= 0.3 is 0 Å². The first-order chi connectivity index (χ1) is 13.6. The number of aryl methyl sites for hydroxylation is 2. The van der Waals surface area contributed by atoms with Gasteiger partial charge in [-0.3, -0.25) is 4.79 Å². The first-order valence-corrected chi connectivity index (χ1v) is 10.5. The number of pyridine rings is 1. The summed E-state index contributed by atoms with van der Waals surface area (Å²) < 4.78 is 5.22. The van der Waals surface area contributed by atoms with E-state index in [1.807, 2.05) is 37.4 Å². The number of amides is 1. The molecule has 4 heterocycles. The standard InChI is InChI=1S/C21H19N3O2S2/c1-13-7-8-22-18(11-13)23-19(17-6-4-10-27-17)15-12-14(2)28-21(15)24-20(25)16-5-3-9-26-16/h3-12,19H,1-2H3,(H,22,23)(H,24,25)/t19-/m1/s1. The molecule has 2 N–H and O–H groups in total. The third-order valence-corrected chi connectivity index (χ3v) is 6.12. The van der Waals surface area contributed by atoms with Crippen LogP contribution in [0.1, 0.15) is 37.5 Å².